The monoisotopic (exact) mass is 310 g/mol. The van der Waals surface area contributed by atoms with Crippen LogP contribution in [0.25, 0.3) is 33.2 Å². The van der Waals surface area contributed by atoms with E-state index < -0.39 is 0 Å². The molecule has 19 heavy (non-hydrogen) atoms. The fourth-order valence-corrected chi connectivity index (χ4v) is 3.11. The van der Waals surface area contributed by atoms with Crippen LogP contribution in [0.3, 0.4) is 0 Å². The van der Waals surface area contributed by atoms with Crippen molar-refractivity contribution in [3.05, 3.63) is 53.0 Å². The van der Waals surface area contributed by atoms with Gasteiger partial charge in [-0.1, -0.05) is 34.1 Å². The number of para-hydroxylation sites is 1. The third-order valence-corrected chi connectivity index (χ3v) is 4.12. The predicted molar refractivity (Wildman–Crippen MR) is 82.5 cm³/mol. The molecule has 0 N–H and O–H groups in total. The molecule has 0 aromatic heterocycles. The van der Waals surface area contributed by atoms with Gasteiger partial charge in [0.05, 0.1) is 16.9 Å². The number of rotatable bonds is 0. The number of halogens is 1. The van der Waals surface area contributed by atoms with E-state index in [9.17, 15) is 0 Å². The number of aryl methyl sites for hydroxylation is 1. The van der Waals surface area contributed by atoms with Crippen LogP contribution < -0.4 is 0 Å². The number of hydrogen-bond acceptors (Lipinski definition) is 1. The molecular weight excluding hydrogens is 300 g/mol. The van der Waals surface area contributed by atoms with Crippen LogP contribution in [-0.2, 0) is 7.05 Å². The maximum Gasteiger partial charge on any atom is 0.0887 e. The molecule has 0 atom stereocenters. The van der Waals surface area contributed by atoms with Crippen LogP contribution in [0.5, 0.6) is 0 Å². The summed E-state index contributed by atoms with van der Waals surface area (Å²) < 4.78 is 3.31. The van der Waals surface area contributed by atoms with Gasteiger partial charge in [0.1, 0.15) is 0 Å². The molecule has 0 unspecified atom stereocenters. The molecule has 0 radical (unpaired) electrons. The third-order valence-electron chi connectivity index (χ3n) is 3.62. The van der Waals surface area contributed by atoms with E-state index in [2.05, 4.69) is 70.0 Å². The van der Waals surface area contributed by atoms with Crippen molar-refractivity contribution in [3.8, 4) is 11.4 Å². The SMILES string of the molecule is Cn1c2c3cc(Br)ccc3nc-2cc2ccccc21. The summed E-state index contributed by atoms with van der Waals surface area (Å²) in [5.74, 6) is 0. The fraction of sp³-hybridized carbons (Fsp3) is 0.0625. The Hall–Kier alpha value is -1.87. The van der Waals surface area contributed by atoms with Crippen molar-refractivity contribution in [3.63, 3.8) is 0 Å². The van der Waals surface area contributed by atoms with E-state index in [1.807, 2.05) is 6.07 Å². The Balaban J connectivity index is 2.28. The van der Waals surface area contributed by atoms with E-state index in [0.717, 1.165) is 15.7 Å². The molecule has 2 heterocycles. The van der Waals surface area contributed by atoms with Crippen LogP contribution in [-0.4, -0.2) is 9.55 Å². The predicted octanol–water partition coefficient (Wildman–Crippen LogP) is 4.59. The van der Waals surface area contributed by atoms with Gasteiger partial charge in [0.25, 0.3) is 0 Å². The average molecular weight is 311 g/mol. The first-order valence-corrected chi connectivity index (χ1v) is 6.97. The molecule has 92 valence electrons. The summed E-state index contributed by atoms with van der Waals surface area (Å²) in [6.07, 6.45) is 0. The van der Waals surface area contributed by atoms with Crippen molar-refractivity contribution in [2.24, 2.45) is 7.05 Å². The number of nitrogens with zero attached hydrogens (tertiary/aromatic N) is 2. The molecule has 0 aliphatic carbocycles. The van der Waals surface area contributed by atoms with Gasteiger partial charge in [0, 0.05) is 27.8 Å². The minimum Gasteiger partial charge on any atom is -0.342 e. The zero-order valence-electron chi connectivity index (χ0n) is 10.4. The smallest absolute Gasteiger partial charge is 0.0887 e. The molecular formula is C16H11BrN2. The second kappa shape index (κ2) is 3.81. The van der Waals surface area contributed by atoms with Crippen molar-refractivity contribution in [1.29, 1.82) is 0 Å². The zero-order chi connectivity index (χ0) is 13.0. The standard InChI is InChI=1S/C16H11BrN2/c1-19-15-5-3-2-4-10(15)8-14-16(19)12-9-11(17)6-7-13(12)18-14/h2-9H,1H3. The Kier molecular flexibility index (Phi) is 2.21. The normalized spacial score (nSPS) is 11.7. The first-order valence-electron chi connectivity index (χ1n) is 6.17. The van der Waals surface area contributed by atoms with Crippen molar-refractivity contribution >= 4 is 37.7 Å². The number of benzene rings is 2. The lowest BCUT2D eigenvalue weighted by Crippen LogP contribution is -1.98. The lowest BCUT2D eigenvalue weighted by atomic mass is 10.1. The summed E-state index contributed by atoms with van der Waals surface area (Å²) in [7, 11) is 2.10. The highest BCUT2D eigenvalue weighted by molar-refractivity contribution is 9.10. The Morgan fingerprint density at radius 2 is 1.89 bits per heavy atom. The Morgan fingerprint density at radius 1 is 1.05 bits per heavy atom. The first kappa shape index (κ1) is 11.0. The summed E-state index contributed by atoms with van der Waals surface area (Å²) in [5, 5.41) is 2.41. The largest absolute Gasteiger partial charge is 0.342 e. The third kappa shape index (κ3) is 1.51. The number of fused-ring (bicyclic) bond motifs is 4. The molecule has 0 amide bonds. The molecule has 2 nitrogen and oxygen atoms in total. The lowest BCUT2D eigenvalue weighted by molar-refractivity contribution is 0.967. The van der Waals surface area contributed by atoms with Crippen LogP contribution in [0.2, 0.25) is 0 Å². The molecule has 2 aliphatic heterocycles. The lowest BCUT2D eigenvalue weighted by Gasteiger charge is -2.11. The number of pyridine rings is 1. The fourth-order valence-electron chi connectivity index (χ4n) is 2.75. The van der Waals surface area contributed by atoms with Gasteiger partial charge in [-0.2, -0.15) is 0 Å². The molecule has 2 aromatic rings. The topological polar surface area (TPSA) is 17.8 Å². The van der Waals surface area contributed by atoms with Crippen molar-refractivity contribution < 1.29 is 0 Å². The van der Waals surface area contributed by atoms with Crippen molar-refractivity contribution in [2.75, 3.05) is 0 Å². The van der Waals surface area contributed by atoms with Gasteiger partial charge >= 0.3 is 0 Å². The quantitative estimate of drug-likeness (QED) is 0.464. The van der Waals surface area contributed by atoms with Gasteiger partial charge in [-0.05, 0) is 30.3 Å². The maximum absolute atomic E-state index is 4.73. The van der Waals surface area contributed by atoms with E-state index in [1.165, 1.54) is 22.0 Å². The van der Waals surface area contributed by atoms with Crippen LogP contribution >= 0.6 is 15.9 Å². The van der Waals surface area contributed by atoms with Crippen molar-refractivity contribution in [1.82, 2.24) is 9.55 Å². The van der Waals surface area contributed by atoms with Crippen LogP contribution in [0, 0.1) is 0 Å². The average Bonchev–Trinajstić information content (AvgIpc) is 2.76. The highest BCUT2D eigenvalue weighted by atomic mass is 79.9. The summed E-state index contributed by atoms with van der Waals surface area (Å²) in [6, 6.07) is 16.8. The van der Waals surface area contributed by atoms with E-state index in [1.54, 1.807) is 0 Å². The summed E-state index contributed by atoms with van der Waals surface area (Å²) in [5.41, 5.74) is 4.51. The maximum atomic E-state index is 4.73. The van der Waals surface area contributed by atoms with Gasteiger partial charge in [-0.25, -0.2) is 4.98 Å². The minimum atomic E-state index is 1.05. The summed E-state index contributed by atoms with van der Waals surface area (Å²) >= 11 is 3.54. The highest BCUT2D eigenvalue weighted by Crippen LogP contribution is 2.35. The molecule has 0 spiro atoms. The van der Waals surface area contributed by atoms with Crippen LogP contribution in [0.1, 0.15) is 0 Å². The molecule has 2 aliphatic rings. The molecule has 0 fully saturated rings. The Labute approximate surface area is 119 Å². The van der Waals surface area contributed by atoms with E-state index in [-0.39, 0.29) is 0 Å². The van der Waals surface area contributed by atoms with Crippen LogP contribution in [0.4, 0.5) is 0 Å². The van der Waals surface area contributed by atoms with Crippen LogP contribution in [0.15, 0.2) is 53.0 Å². The first-order chi connectivity index (χ1) is 9.24. The van der Waals surface area contributed by atoms with Crippen molar-refractivity contribution in [2.45, 2.75) is 0 Å². The molecule has 0 saturated carbocycles. The zero-order valence-corrected chi connectivity index (χ0v) is 12.0. The highest BCUT2D eigenvalue weighted by Gasteiger charge is 2.16. The van der Waals surface area contributed by atoms with Gasteiger partial charge in [-0.3, -0.25) is 0 Å². The molecule has 0 saturated heterocycles. The Morgan fingerprint density at radius 3 is 2.79 bits per heavy atom. The molecule has 2 aromatic carbocycles. The van der Waals surface area contributed by atoms with E-state index >= 15 is 0 Å². The second-order valence-electron chi connectivity index (χ2n) is 4.77. The minimum absolute atomic E-state index is 1.05. The Bertz CT molecular complexity index is 892. The van der Waals surface area contributed by atoms with Gasteiger partial charge in [0.15, 0.2) is 0 Å². The summed E-state index contributed by atoms with van der Waals surface area (Å²) in [4.78, 5) is 4.73. The molecule has 4 rings (SSSR count). The number of hydrogen-bond donors (Lipinski definition) is 0. The second-order valence-corrected chi connectivity index (χ2v) is 5.68. The number of aromatic nitrogens is 2. The molecule has 3 heteroatoms. The van der Waals surface area contributed by atoms with Gasteiger partial charge < -0.3 is 4.57 Å². The van der Waals surface area contributed by atoms with E-state index in [4.69, 9.17) is 4.98 Å². The van der Waals surface area contributed by atoms with Gasteiger partial charge in [-0.15, -0.1) is 0 Å². The summed E-state index contributed by atoms with van der Waals surface area (Å²) in [6.45, 7) is 0. The molecule has 0 bridgehead atoms. The van der Waals surface area contributed by atoms with E-state index in [0.29, 0.717) is 0 Å². The van der Waals surface area contributed by atoms with Gasteiger partial charge in [0.2, 0.25) is 0 Å².